The summed E-state index contributed by atoms with van der Waals surface area (Å²) in [6, 6.07) is 73.6. The highest BCUT2D eigenvalue weighted by molar-refractivity contribution is 6.23. The molecular formula is C58H38. The maximum atomic E-state index is 2.55. The summed E-state index contributed by atoms with van der Waals surface area (Å²) < 4.78 is 0. The normalized spacial score (nSPS) is 14.7. The second kappa shape index (κ2) is 11.3. The third-order valence-corrected chi connectivity index (χ3v) is 14.1. The van der Waals surface area contributed by atoms with E-state index >= 15 is 0 Å². The molecule has 3 aliphatic rings. The van der Waals surface area contributed by atoms with Gasteiger partial charge in [-0.2, -0.15) is 0 Å². The molecule has 0 radical (unpaired) electrons. The van der Waals surface area contributed by atoms with Crippen molar-refractivity contribution in [3.05, 3.63) is 228 Å². The summed E-state index contributed by atoms with van der Waals surface area (Å²) in [5.74, 6) is 0. The topological polar surface area (TPSA) is 0 Å². The van der Waals surface area contributed by atoms with Crippen LogP contribution in [0.15, 0.2) is 194 Å². The summed E-state index contributed by atoms with van der Waals surface area (Å²) >= 11 is 0. The molecule has 270 valence electrons. The van der Waals surface area contributed by atoms with Crippen LogP contribution in [0.5, 0.6) is 0 Å². The molecule has 0 atom stereocenters. The Hall–Kier alpha value is -7.02. The van der Waals surface area contributed by atoms with Gasteiger partial charge in [-0.05, 0) is 127 Å². The lowest BCUT2D eigenvalue weighted by Crippen LogP contribution is -2.25. The van der Waals surface area contributed by atoms with Gasteiger partial charge in [-0.1, -0.05) is 202 Å². The summed E-state index contributed by atoms with van der Waals surface area (Å²) in [4.78, 5) is 0. The fourth-order valence-corrected chi connectivity index (χ4v) is 11.7. The SMILES string of the molecule is CC1(C)c2cccc(-c3c4ccccc4c(-c4ccc5c(c4)C4(c6ccccc6-c6ccccc64)c4ccccc4-5)c4ccccc34)c2-c2c1ccc1ccccc21. The lowest BCUT2D eigenvalue weighted by atomic mass is 9.70. The smallest absolute Gasteiger partial charge is 0.0619 e. The Balaban J connectivity index is 1.12. The molecule has 0 nitrogen and oxygen atoms in total. The summed E-state index contributed by atoms with van der Waals surface area (Å²) in [5.41, 5.74) is 21.0. The first kappa shape index (κ1) is 32.1. The van der Waals surface area contributed by atoms with E-state index in [0.29, 0.717) is 0 Å². The van der Waals surface area contributed by atoms with E-state index in [-0.39, 0.29) is 5.41 Å². The standard InChI is InChI=1S/C58H38/c1-57(2)50-29-15-25-46(56(50)55-37-17-4-3-16-35(37)31-33-51(55)57)54-44-23-7-5-21-42(44)53(43-22-6-8-24-45(43)54)36-30-32-41-40-20-11-14-28-49(40)58(52(41)34-36)47-26-12-9-18-38(47)39-19-10-13-27-48(39)58/h3-34H,1-2H3. The van der Waals surface area contributed by atoms with E-state index in [1.807, 2.05) is 0 Å². The van der Waals surface area contributed by atoms with Crippen molar-refractivity contribution in [1.29, 1.82) is 0 Å². The van der Waals surface area contributed by atoms with Crippen molar-refractivity contribution in [2.24, 2.45) is 0 Å². The van der Waals surface area contributed by atoms with Gasteiger partial charge in [0.15, 0.2) is 0 Å². The predicted octanol–water partition coefficient (Wildman–Crippen LogP) is 15.1. The first-order chi connectivity index (χ1) is 28.6. The molecule has 58 heavy (non-hydrogen) atoms. The van der Waals surface area contributed by atoms with Crippen LogP contribution in [0.1, 0.15) is 47.2 Å². The van der Waals surface area contributed by atoms with Gasteiger partial charge in [-0.3, -0.25) is 0 Å². The zero-order valence-electron chi connectivity index (χ0n) is 32.5. The molecule has 0 saturated carbocycles. The van der Waals surface area contributed by atoms with Crippen LogP contribution in [0, 0.1) is 0 Å². The molecular weight excluding hydrogens is 697 g/mol. The number of hydrogen-bond acceptors (Lipinski definition) is 0. The number of benzene rings is 10. The lowest BCUT2D eigenvalue weighted by Gasteiger charge is -2.31. The van der Waals surface area contributed by atoms with Crippen molar-refractivity contribution in [1.82, 2.24) is 0 Å². The minimum atomic E-state index is -0.395. The summed E-state index contributed by atoms with van der Waals surface area (Å²) in [6.45, 7) is 4.80. The highest BCUT2D eigenvalue weighted by Crippen LogP contribution is 2.63. The maximum absolute atomic E-state index is 2.55. The second-order valence-electron chi connectivity index (χ2n) is 17.1. The molecule has 3 aliphatic carbocycles. The molecule has 0 fully saturated rings. The average molecular weight is 735 g/mol. The third kappa shape index (κ3) is 3.86. The molecule has 0 bridgehead atoms. The summed E-state index contributed by atoms with van der Waals surface area (Å²) in [6.07, 6.45) is 0. The van der Waals surface area contributed by atoms with E-state index in [9.17, 15) is 0 Å². The quantitative estimate of drug-likeness (QED) is 0.155. The van der Waals surface area contributed by atoms with Gasteiger partial charge in [0.25, 0.3) is 0 Å². The maximum Gasteiger partial charge on any atom is 0.0725 e. The van der Waals surface area contributed by atoms with Crippen molar-refractivity contribution in [2.45, 2.75) is 24.7 Å². The zero-order valence-corrected chi connectivity index (χ0v) is 32.5. The Morgan fingerprint density at radius 2 is 0.724 bits per heavy atom. The van der Waals surface area contributed by atoms with Crippen LogP contribution < -0.4 is 0 Å². The molecule has 0 unspecified atom stereocenters. The summed E-state index contributed by atoms with van der Waals surface area (Å²) in [7, 11) is 0. The van der Waals surface area contributed by atoms with Gasteiger partial charge in [-0.15, -0.1) is 0 Å². The van der Waals surface area contributed by atoms with E-state index in [1.54, 1.807) is 0 Å². The molecule has 1 spiro atoms. The van der Waals surface area contributed by atoms with E-state index in [0.717, 1.165) is 0 Å². The van der Waals surface area contributed by atoms with Crippen LogP contribution in [0.3, 0.4) is 0 Å². The van der Waals surface area contributed by atoms with Crippen LogP contribution in [0.2, 0.25) is 0 Å². The van der Waals surface area contributed by atoms with E-state index < -0.39 is 5.41 Å². The fraction of sp³-hybridized carbons (Fsp3) is 0.0690. The molecule has 10 aromatic rings. The van der Waals surface area contributed by atoms with Crippen molar-refractivity contribution in [2.75, 3.05) is 0 Å². The monoisotopic (exact) mass is 734 g/mol. The zero-order chi connectivity index (χ0) is 38.3. The highest BCUT2D eigenvalue weighted by Gasteiger charge is 2.51. The van der Waals surface area contributed by atoms with Crippen LogP contribution >= 0.6 is 0 Å². The Morgan fingerprint density at radius 1 is 0.276 bits per heavy atom. The molecule has 0 heterocycles. The van der Waals surface area contributed by atoms with Gasteiger partial charge in [0.2, 0.25) is 0 Å². The average Bonchev–Trinajstić information content (AvgIpc) is 3.84. The van der Waals surface area contributed by atoms with Gasteiger partial charge in [0.1, 0.15) is 0 Å². The Labute approximate surface area is 338 Å². The van der Waals surface area contributed by atoms with Crippen molar-refractivity contribution in [3.8, 4) is 55.6 Å². The molecule has 0 amide bonds. The van der Waals surface area contributed by atoms with Crippen molar-refractivity contribution in [3.63, 3.8) is 0 Å². The number of rotatable bonds is 2. The Kier molecular flexibility index (Phi) is 6.26. The van der Waals surface area contributed by atoms with E-state index in [2.05, 4.69) is 208 Å². The molecule has 0 saturated heterocycles. The third-order valence-electron chi connectivity index (χ3n) is 14.1. The molecule has 0 N–H and O–H groups in total. The Morgan fingerprint density at radius 3 is 1.33 bits per heavy atom. The minimum Gasteiger partial charge on any atom is -0.0619 e. The van der Waals surface area contributed by atoms with Gasteiger partial charge in [0, 0.05) is 5.41 Å². The van der Waals surface area contributed by atoms with Crippen LogP contribution in [0.4, 0.5) is 0 Å². The Bertz CT molecular complexity index is 3310. The van der Waals surface area contributed by atoms with Crippen molar-refractivity contribution >= 4 is 32.3 Å². The largest absolute Gasteiger partial charge is 0.0725 e. The summed E-state index contributed by atoms with van der Waals surface area (Å²) in [5, 5.41) is 7.74. The second-order valence-corrected chi connectivity index (χ2v) is 17.1. The highest BCUT2D eigenvalue weighted by atomic mass is 14.5. The van der Waals surface area contributed by atoms with Gasteiger partial charge >= 0.3 is 0 Å². The van der Waals surface area contributed by atoms with Gasteiger partial charge in [0.05, 0.1) is 5.41 Å². The van der Waals surface area contributed by atoms with Crippen LogP contribution in [-0.4, -0.2) is 0 Å². The molecule has 13 rings (SSSR count). The van der Waals surface area contributed by atoms with E-state index in [1.165, 1.54) is 121 Å². The lowest BCUT2D eigenvalue weighted by molar-refractivity contribution is 0.661. The fourth-order valence-electron chi connectivity index (χ4n) is 11.7. The molecule has 0 aromatic heterocycles. The van der Waals surface area contributed by atoms with Crippen LogP contribution in [0.25, 0.3) is 88.0 Å². The first-order valence-corrected chi connectivity index (χ1v) is 20.6. The van der Waals surface area contributed by atoms with Gasteiger partial charge in [-0.25, -0.2) is 0 Å². The minimum absolute atomic E-state index is 0.119. The van der Waals surface area contributed by atoms with Gasteiger partial charge < -0.3 is 0 Å². The van der Waals surface area contributed by atoms with Crippen molar-refractivity contribution < 1.29 is 0 Å². The van der Waals surface area contributed by atoms with E-state index in [4.69, 9.17) is 0 Å². The van der Waals surface area contributed by atoms with Crippen LogP contribution in [-0.2, 0) is 10.8 Å². The first-order valence-electron chi connectivity index (χ1n) is 20.6. The molecule has 0 aliphatic heterocycles. The predicted molar refractivity (Wildman–Crippen MR) is 244 cm³/mol. The molecule has 10 aromatic carbocycles. The number of fused-ring (bicyclic) bond motifs is 17. The number of hydrogen-bond donors (Lipinski definition) is 0. The molecule has 0 heteroatoms.